The number of pyridine rings is 1. The van der Waals surface area contributed by atoms with Gasteiger partial charge in [-0.25, -0.2) is 0 Å². The second-order valence-electron chi connectivity index (χ2n) is 7.08. The second kappa shape index (κ2) is 9.40. The summed E-state index contributed by atoms with van der Waals surface area (Å²) in [6.07, 6.45) is 9.10. The average molecular weight is 368 g/mol. The molecule has 144 valence electrons. The predicted molar refractivity (Wildman–Crippen MR) is 105 cm³/mol. The smallest absolute Gasteiger partial charge is 0.226 e. The summed E-state index contributed by atoms with van der Waals surface area (Å²) in [5, 5.41) is 0. The summed E-state index contributed by atoms with van der Waals surface area (Å²) < 4.78 is 10.7. The Bertz CT molecular complexity index is 742. The molecule has 0 N–H and O–H groups in total. The number of benzene rings is 1. The number of amides is 1. The molecule has 1 heterocycles. The van der Waals surface area contributed by atoms with Crippen molar-refractivity contribution in [1.82, 2.24) is 9.88 Å². The van der Waals surface area contributed by atoms with Crippen molar-refractivity contribution < 1.29 is 14.3 Å². The number of ether oxygens (including phenoxy) is 2. The van der Waals surface area contributed by atoms with Crippen molar-refractivity contribution in [3.63, 3.8) is 0 Å². The van der Waals surface area contributed by atoms with E-state index >= 15 is 0 Å². The van der Waals surface area contributed by atoms with Crippen LogP contribution in [0.3, 0.4) is 0 Å². The fraction of sp³-hybridized carbons (Fsp3) is 0.455. The van der Waals surface area contributed by atoms with Crippen LogP contribution in [0.1, 0.15) is 43.2 Å². The van der Waals surface area contributed by atoms with E-state index in [4.69, 9.17) is 9.47 Å². The van der Waals surface area contributed by atoms with Gasteiger partial charge in [-0.05, 0) is 42.2 Å². The van der Waals surface area contributed by atoms with E-state index in [0.717, 1.165) is 36.8 Å². The van der Waals surface area contributed by atoms with Gasteiger partial charge in [-0.1, -0.05) is 31.4 Å². The van der Waals surface area contributed by atoms with Crippen LogP contribution in [0.25, 0.3) is 0 Å². The molecule has 0 spiro atoms. The van der Waals surface area contributed by atoms with Gasteiger partial charge >= 0.3 is 0 Å². The first kappa shape index (κ1) is 19.2. The zero-order valence-corrected chi connectivity index (χ0v) is 16.2. The lowest BCUT2D eigenvalue weighted by Gasteiger charge is -2.29. The first-order valence-corrected chi connectivity index (χ1v) is 9.60. The maximum atomic E-state index is 13.2. The Kier molecular flexibility index (Phi) is 6.69. The van der Waals surface area contributed by atoms with E-state index in [2.05, 4.69) is 4.98 Å². The largest absolute Gasteiger partial charge is 0.493 e. The van der Waals surface area contributed by atoms with Gasteiger partial charge in [0.05, 0.1) is 14.2 Å². The zero-order valence-electron chi connectivity index (χ0n) is 16.2. The molecule has 1 saturated carbocycles. The zero-order chi connectivity index (χ0) is 19.1. The monoisotopic (exact) mass is 368 g/mol. The SMILES string of the molecule is COc1ccc(CN(Cc2cccnc2)C(=O)C2CCCCC2)cc1OC. The highest BCUT2D eigenvalue weighted by Gasteiger charge is 2.26. The topological polar surface area (TPSA) is 51.7 Å². The highest BCUT2D eigenvalue weighted by molar-refractivity contribution is 5.79. The van der Waals surface area contributed by atoms with Crippen LogP contribution >= 0.6 is 0 Å². The number of carbonyl (C=O) groups excluding carboxylic acids is 1. The molecule has 1 aromatic carbocycles. The van der Waals surface area contributed by atoms with Crippen LogP contribution in [0.2, 0.25) is 0 Å². The van der Waals surface area contributed by atoms with Crippen molar-refractivity contribution in [2.45, 2.75) is 45.2 Å². The van der Waals surface area contributed by atoms with Crippen LogP contribution in [-0.4, -0.2) is 30.0 Å². The number of methoxy groups -OCH3 is 2. The third kappa shape index (κ3) is 5.00. The fourth-order valence-electron chi connectivity index (χ4n) is 3.73. The van der Waals surface area contributed by atoms with E-state index in [1.54, 1.807) is 20.4 Å². The van der Waals surface area contributed by atoms with Gasteiger partial charge in [-0.2, -0.15) is 0 Å². The third-order valence-corrected chi connectivity index (χ3v) is 5.18. The van der Waals surface area contributed by atoms with Crippen LogP contribution in [0.5, 0.6) is 11.5 Å². The van der Waals surface area contributed by atoms with E-state index in [9.17, 15) is 4.79 Å². The van der Waals surface area contributed by atoms with Crippen molar-refractivity contribution in [3.8, 4) is 11.5 Å². The minimum absolute atomic E-state index is 0.135. The quantitative estimate of drug-likeness (QED) is 0.735. The van der Waals surface area contributed by atoms with Crippen LogP contribution in [0.15, 0.2) is 42.7 Å². The Balaban J connectivity index is 1.81. The standard InChI is InChI=1S/C22H28N2O3/c1-26-20-11-10-17(13-21(20)27-2)15-24(16-18-7-6-12-23-14-18)22(25)19-8-4-3-5-9-19/h6-7,10-14,19H,3-5,8-9,15-16H2,1-2H3. The molecule has 0 aliphatic heterocycles. The molecule has 1 aromatic heterocycles. The van der Waals surface area contributed by atoms with Crippen molar-refractivity contribution in [3.05, 3.63) is 53.9 Å². The molecule has 0 bridgehead atoms. The van der Waals surface area contributed by atoms with E-state index in [-0.39, 0.29) is 11.8 Å². The number of carbonyl (C=O) groups is 1. The lowest BCUT2D eigenvalue weighted by molar-refractivity contribution is -0.137. The van der Waals surface area contributed by atoms with Gasteiger partial charge in [0.1, 0.15) is 0 Å². The Morgan fingerprint density at radius 1 is 1.04 bits per heavy atom. The van der Waals surface area contributed by atoms with Gasteiger partial charge in [-0.3, -0.25) is 9.78 Å². The lowest BCUT2D eigenvalue weighted by atomic mass is 9.88. The molecule has 0 unspecified atom stereocenters. The number of nitrogens with zero attached hydrogens (tertiary/aromatic N) is 2. The van der Waals surface area contributed by atoms with Gasteiger partial charge in [0.2, 0.25) is 5.91 Å². The van der Waals surface area contributed by atoms with Gasteiger partial charge in [0.25, 0.3) is 0 Å². The molecular formula is C22H28N2O3. The molecule has 5 nitrogen and oxygen atoms in total. The highest BCUT2D eigenvalue weighted by atomic mass is 16.5. The van der Waals surface area contributed by atoms with Gasteiger partial charge in [-0.15, -0.1) is 0 Å². The molecule has 5 heteroatoms. The molecule has 3 rings (SSSR count). The summed E-state index contributed by atoms with van der Waals surface area (Å²) >= 11 is 0. The number of hydrogen-bond donors (Lipinski definition) is 0. The molecule has 27 heavy (non-hydrogen) atoms. The normalized spacial score (nSPS) is 14.6. The average Bonchev–Trinajstić information content (AvgIpc) is 2.74. The van der Waals surface area contributed by atoms with Crippen LogP contribution in [0.4, 0.5) is 0 Å². The first-order valence-electron chi connectivity index (χ1n) is 9.60. The second-order valence-corrected chi connectivity index (χ2v) is 7.08. The van der Waals surface area contributed by atoms with Crippen molar-refractivity contribution in [2.75, 3.05) is 14.2 Å². The molecule has 1 aliphatic rings. The number of hydrogen-bond acceptors (Lipinski definition) is 4. The summed E-state index contributed by atoms with van der Waals surface area (Å²) in [7, 11) is 3.25. The molecule has 1 aliphatic carbocycles. The third-order valence-electron chi connectivity index (χ3n) is 5.18. The molecule has 0 radical (unpaired) electrons. The number of aromatic nitrogens is 1. The minimum atomic E-state index is 0.135. The van der Waals surface area contributed by atoms with Crippen molar-refractivity contribution >= 4 is 5.91 Å². The molecular weight excluding hydrogens is 340 g/mol. The Labute approximate surface area is 161 Å². The van der Waals surface area contributed by atoms with E-state index in [0.29, 0.717) is 24.6 Å². The van der Waals surface area contributed by atoms with Crippen molar-refractivity contribution in [2.24, 2.45) is 5.92 Å². The maximum absolute atomic E-state index is 13.2. The van der Waals surface area contributed by atoms with Gasteiger partial charge in [0, 0.05) is 31.4 Å². The summed E-state index contributed by atoms with van der Waals surface area (Å²) in [6, 6.07) is 9.76. The number of rotatable bonds is 7. The highest BCUT2D eigenvalue weighted by Crippen LogP contribution is 2.30. The minimum Gasteiger partial charge on any atom is -0.493 e. The molecule has 1 fully saturated rings. The molecule has 1 amide bonds. The summed E-state index contributed by atoms with van der Waals surface area (Å²) in [5.41, 5.74) is 2.07. The Morgan fingerprint density at radius 3 is 2.44 bits per heavy atom. The molecule has 2 aromatic rings. The Morgan fingerprint density at radius 2 is 1.78 bits per heavy atom. The summed E-state index contributed by atoms with van der Waals surface area (Å²) in [4.78, 5) is 19.4. The fourth-order valence-corrected chi connectivity index (χ4v) is 3.73. The van der Waals surface area contributed by atoms with Crippen LogP contribution < -0.4 is 9.47 Å². The Hall–Kier alpha value is -2.56. The molecule has 0 saturated heterocycles. The molecule has 0 atom stereocenters. The van der Waals surface area contributed by atoms with Crippen LogP contribution in [0, 0.1) is 5.92 Å². The van der Waals surface area contributed by atoms with Gasteiger partial charge in [0.15, 0.2) is 11.5 Å². The van der Waals surface area contributed by atoms with Crippen LogP contribution in [-0.2, 0) is 17.9 Å². The predicted octanol–water partition coefficient (Wildman–Crippen LogP) is 4.21. The van der Waals surface area contributed by atoms with E-state index < -0.39 is 0 Å². The summed E-state index contributed by atoms with van der Waals surface area (Å²) in [5.74, 6) is 1.75. The maximum Gasteiger partial charge on any atom is 0.226 e. The van der Waals surface area contributed by atoms with E-state index in [1.165, 1.54) is 6.42 Å². The first-order chi connectivity index (χ1) is 13.2. The summed E-state index contributed by atoms with van der Waals surface area (Å²) in [6.45, 7) is 1.11. The van der Waals surface area contributed by atoms with Crippen molar-refractivity contribution in [1.29, 1.82) is 0 Å². The van der Waals surface area contributed by atoms with Gasteiger partial charge < -0.3 is 14.4 Å². The van der Waals surface area contributed by atoms with E-state index in [1.807, 2.05) is 41.4 Å². The lowest BCUT2D eigenvalue weighted by Crippen LogP contribution is -2.36.